The Bertz CT molecular complexity index is 373. The molecule has 4 heteroatoms. The van der Waals surface area contributed by atoms with Crippen LogP contribution in [0.4, 0.5) is 0 Å². The molecule has 0 saturated heterocycles. The molecule has 0 bridgehead atoms. The van der Waals surface area contributed by atoms with Crippen LogP contribution in [0, 0.1) is 6.92 Å². The Kier molecular flexibility index (Phi) is 3.92. The van der Waals surface area contributed by atoms with Crippen LogP contribution in [-0.4, -0.2) is 34.3 Å². The molecule has 0 aromatic carbocycles. The lowest BCUT2D eigenvalue weighted by molar-refractivity contribution is 0.0660. The standard InChI is InChI=1S/C12H17ClN2O/c1-9-5-6-10(7-14-9)11(16)15(4)12(2,3)8-13/h5-7H,8H2,1-4H3. The summed E-state index contributed by atoms with van der Waals surface area (Å²) >= 11 is 5.84. The fraction of sp³-hybridized carbons (Fsp3) is 0.500. The van der Waals surface area contributed by atoms with E-state index in [0.29, 0.717) is 11.4 Å². The molecule has 1 heterocycles. The van der Waals surface area contributed by atoms with Gasteiger partial charge in [-0.25, -0.2) is 0 Å². The van der Waals surface area contributed by atoms with Gasteiger partial charge in [0, 0.05) is 24.8 Å². The van der Waals surface area contributed by atoms with Crippen LogP contribution in [0.15, 0.2) is 18.3 Å². The summed E-state index contributed by atoms with van der Waals surface area (Å²) in [5, 5.41) is 0. The van der Waals surface area contributed by atoms with E-state index in [9.17, 15) is 4.79 Å². The monoisotopic (exact) mass is 240 g/mol. The molecule has 0 N–H and O–H groups in total. The Hall–Kier alpha value is -1.09. The minimum absolute atomic E-state index is 0.0573. The van der Waals surface area contributed by atoms with Crippen molar-refractivity contribution in [3.05, 3.63) is 29.6 Å². The summed E-state index contributed by atoms with van der Waals surface area (Å²) in [5.74, 6) is 0.340. The van der Waals surface area contributed by atoms with Crippen molar-refractivity contribution in [2.75, 3.05) is 12.9 Å². The Morgan fingerprint density at radius 2 is 2.12 bits per heavy atom. The first-order valence-electron chi connectivity index (χ1n) is 5.15. The van der Waals surface area contributed by atoms with Crippen LogP contribution in [0.1, 0.15) is 29.9 Å². The Morgan fingerprint density at radius 3 is 2.56 bits per heavy atom. The van der Waals surface area contributed by atoms with E-state index in [2.05, 4.69) is 4.98 Å². The van der Waals surface area contributed by atoms with Gasteiger partial charge in [0.15, 0.2) is 0 Å². The number of pyridine rings is 1. The van der Waals surface area contributed by atoms with Crippen molar-refractivity contribution in [2.24, 2.45) is 0 Å². The summed E-state index contributed by atoms with van der Waals surface area (Å²) in [7, 11) is 1.75. The molecule has 1 aromatic heterocycles. The third kappa shape index (κ3) is 2.73. The highest BCUT2D eigenvalue weighted by molar-refractivity contribution is 6.18. The lowest BCUT2D eigenvalue weighted by Gasteiger charge is -2.33. The first-order chi connectivity index (χ1) is 7.38. The minimum atomic E-state index is -0.358. The van der Waals surface area contributed by atoms with E-state index in [1.54, 1.807) is 24.2 Å². The molecule has 0 saturated carbocycles. The van der Waals surface area contributed by atoms with Gasteiger partial charge in [-0.15, -0.1) is 11.6 Å². The van der Waals surface area contributed by atoms with Gasteiger partial charge in [0.05, 0.1) is 11.1 Å². The number of nitrogens with zero attached hydrogens (tertiary/aromatic N) is 2. The van der Waals surface area contributed by atoms with Gasteiger partial charge in [-0.1, -0.05) is 0 Å². The summed E-state index contributed by atoms with van der Waals surface area (Å²) in [6, 6.07) is 3.61. The van der Waals surface area contributed by atoms with Crippen LogP contribution in [0.3, 0.4) is 0 Å². The number of halogens is 1. The van der Waals surface area contributed by atoms with E-state index in [1.165, 1.54) is 0 Å². The Balaban J connectivity index is 2.90. The summed E-state index contributed by atoms with van der Waals surface area (Å²) in [5.41, 5.74) is 1.13. The zero-order chi connectivity index (χ0) is 12.3. The largest absolute Gasteiger partial charge is 0.335 e. The van der Waals surface area contributed by atoms with E-state index in [1.807, 2.05) is 26.8 Å². The number of alkyl halides is 1. The molecule has 1 rings (SSSR count). The maximum Gasteiger partial charge on any atom is 0.255 e. The van der Waals surface area contributed by atoms with Crippen LogP contribution < -0.4 is 0 Å². The van der Waals surface area contributed by atoms with E-state index in [4.69, 9.17) is 11.6 Å². The summed E-state index contributed by atoms with van der Waals surface area (Å²) in [6.07, 6.45) is 1.60. The van der Waals surface area contributed by atoms with Crippen LogP contribution in [0.25, 0.3) is 0 Å². The Morgan fingerprint density at radius 1 is 1.50 bits per heavy atom. The number of carbonyl (C=O) groups excluding carboxylic acids is 1. The average Bonchev–Trinajstić information content (AvgIpc) is 2.28. The maximum atomic E-state index is 12.1. The molecule has 0 spiro atoms. The first kappa shape index (κ1) is 13.0. The van der Waals surface area contributed by atoms with E-state index in [0.717, 1.165) is 5.69 Å². The molecule has 0 aliphatic rings. The third-order valence-corrected chi connectivity index (χ3v) is 3.35. The van der Waals surface area contributed by atoms with Crippen LogP contribution in [0.5, 0.6) is 0 Å². The number of carbonyl (C=O) groups is 1. The topological polar surface area (TPSA) is 33.2 Å². The van der Waals surface area contributed by atoms with Crippen molar-refractivity contribution in [3.63, 3.8) is 0 Å². The molecule has 0 aliphatic carbocycles. The lowest BCUT2D eigenvalue weighted by Crippen LogP contribution is -2.46. The van der Waals surface area contributed by atoms with E-state index >= 15 is 0 Å². The SMILES string of the molecule is Cc1ccc(C(=O)N(C)C(C)(C)CCl)cn1. The first-order valence-corrected chi connectivity index (χ1v) is 5.69. The van der Waals surface area contributed by atoms with Crippen molar-refractivity contribution >= 4 is 17.5 Å². The van der Waals surface area contributed by atoms with Crippen molar-refractivity contribution in [1.29, 1.82) is 0 Å². The fourth-order valence-electron chi connectivity index (χ4n) is 1.15. The molecule has 88 valence electrons. The number of hydrogen-bond donors (Lipinski definition) is 0. The predicted octanol–water partition coefficient (Wildman–Crippen LogP) is 2.48. The molecule has 0 aliphatic heterocycles. The lowest BCUT2D eigenvalue weighted by atomic mass is 10.1. The zero-order valence-corrected chi connectivity index (χ0v) is 10.9. The van der Waals surface area contributed by atoms with Gasteiger partial charge in [-0.3, -0.25) is 9.78 Å². The molecule has 16 heavy (non-hydrogen) atoms. The molecular formula is C12H17ClN2O. The van der Waals surface area contributed by atoms with Gasteiger partial charge in [0.1, 0.15) is 0 Å². The molecular weight excluding hydrogens is 224 g/mol. The van der Waals surface area contributed by atoms with Gasteiger partial charge >= 0.3 is 0 Å². The number of aryl methyl sites for hydroxylation is 1. The molecule has 0 unspecified atom stereocenters. The number of aromatic nitrogens is 1. The third-order valence-electron chi connectivity index (χ3n) is 2.70. The molecule has 0 radical (unpaired) electrons. The van der Waals surface area contributed by atoms with Crippen molar-refractivity contribution in [2.45, 2.75) is 26.3 Å². The highest BCUT2D eigenvalue weighted by atomic mass is 35.5. The van der Waals surface area contributed by atoms with Crippen LogP contribution in [-0.2, 0) is 0 Å². The average molecular weight is 241 g/mol. The highest BCUT2D eigenvalue weighted by Crippen LogP contribution is 2.17. The van der Waals surface area contributed by atoms with Crippen molar-refractivity contribution in [3.8, 4) is 0 Å². The summed E-state index contributed by atoms with van der Waals surface area (Å²) in [6.45, 7) is 5.75. The predicted molar refractivity (Wildman–Crippen MR) is 65.9 cm³/mol. The number of hydrogen-bond acceptors (Lipinski definition) is 2. The van der Waals surface area contributed by atoms with Crippen molar-refractivity contribution < 1.29 is 4.79 Å². The van der Waals surface area contributed by atoms with Crippen LogP contribution in [0.2, 0.25) is 0 Å². The zero-order valence-electron chi connectivity index (χ0n) is 10.1. The molecule has 0 atom stereocenters. The molecule has 3 nitrogen and oxygen atoms in total. The van der Waals surface area contributed by atoms with Gasteiger partial charge in [-0.2, -0.15) is 0 Å². The second-order valence-corrected chi connectivity index (χ2v) is 4.77. The highest BCUT2D eigenvalue weighted by Gasteiger charge is 2.27. The van der Waals surface area contributed by atoms with Gasteiger partial charge in [0.25, 0.3) is 5.91 Å². The summed E-state index contributed by atoms with van der Waals surface area (Å²) in [4.78, 5) is 17.8. The second kappa shape index (κ2) is 4.83. The smallest absolute Gasteiger partial charge is 0.255 e. The normalized spacial score (nSPS) is 11.3. The second-order valence-electron chi connectivity index (χ2n) is 4.50. The number of amides is 1. The van der Waals surface area contributed by atoms with Gasteiger partial charge in [-0.05, 0) is 32.9 Å². The molecule has 0 fully saturated rings. The summed E-state index contributed by atoms with van der Waals surface area (Å²) < 4.78 is 0. The van der Waals surface area contributed by atoms with Gasteiger partial charge < -0.3 is 4.90 Å². The fourth-order valence-corrected chi connectivity index (χ4v) is 1.33. The van der Waals surface area contributed by atoms with E-state index < -0.39 is 0 Å². The van der Waals surface area contributed by atoms with Crippen molar-refractivity contribution in [1.82, 2.24) is 9.88 Å². The van der Waals surface area contributed by atoms with Crippen LogP contribution >= 0.6 is 11.6 Å². The number of rotatable bonds is 3. The quantitative estimate of drug-likeness (QED) is 0.761. The van der Waals surface area contributed by atoms with Gasteiger partial charge in [0.2, 0.25) is 0 Å². The van der Waals surface area contributed by atoms with E-state index in [-0.39, 0.29) is 11.4 Å². The Labute approximate surface area is 101 Å². The molecule has 1 aromatic rings. The maximum absolute atomic E-state index is 12.1. The minimum Gasteiger partial charge on any atom is -0.335 e. The molecule has 1 amide bonds.